The van der Waals surface area contributed by atoms with E-state index < -0.39 is 11.5 Å². The van der Waals surface area contributed by atoms with E-state index in [1.165, 1.54) is 5.56 Å². The molecule has 4 aromatic carbocycles. The molecule has 5 aromatic rings. The Bertz CT molecular complexity index is 1860. The number of methoxy groups -OCH3 is 1. The van der Waals surface area contributed by atoms with E-state index in [1.807, 2.05) is 103 Å². The van der Waals surface area contributed by atoms with Crippen LogP contribution in [0.15, 0.2) is 121 Å². The van der Waals surface area contributed by atoms with E-state index in [0.29, 0.717) is 35.4 Å². The lowest BCUT2D eigenvalue weighted by molar-refractivity contribution is 0.0628. The molecule has 43 heavy (non-hydrogen) atoms. The van der Waals surface area contributed by atoms with Crippen molar-refractivity contribution in [3.8, 4) is 11.6 Å². The third-order valence-electron chi connectivity index (χ3n) is 8.21. The molecule has 5 nitrogen and oxygen atoms in total. The molecule has 0 aliphatic heterocycles. The largest absolute Gasteiger partial charge is 0.497 e. The molecule has 2 unspecified atom stereocenters. The van der Waals surface area contributed by atoms with Gasteiger partial charge in [-0.05, 0) is 66.1 Å². The highest BCUT2D eigenvalue weighted by molar-refractivity contribution is 5.85. The van der Waals surface area contributed by atoms with Gasteiger partial charge >= 0.3 is 0 Å². The minimum absolute atomic E-state index is 0.119. The maximum absolute atomic E-state index is 13.2. The van der Waals surface area contributed by atoms with Crippen LogP contribution in [0.25, 0.3) is 22.6 Å². The van der Waals surface area contributed by atoms with Gasteiger partial charge in [-0.2, -0.15) is 0 Å². The van der Waals surface area contributed by atoms with Gasteiger partial charge in [-0.15, -0.1) is 0 Å². The van der Waals surface area contributed by atoms with Crippen LogP contribution < -0.4 is 4.74 Å². The Morgan fingerprint density at radius 1 is 0.907 bits per heavy atom. The highest BCUT2D eigenvalue weighted by Crippen LogP contribution is 2.48. The first-order valence-electron chi connectivity index (χ1n) is 14.5. The minimum atomic E-state index is -1.49. The summed E-state index contributed by atoms with van der Waals surface area (Å²) in [5.74, 6) is -0.0961. The zero-order valence-electron chi connectivity index (χ0n) is 24.4. The Labute approximate surface area is 252 Å². The summed E-state index contributed by atoms with van der Waals surface area (Å²) in [4.78, 5) is 6.79. The molecule has 1 aliphatic rings. The predicted molar refractivity (Wildman–Crippen MR) is 172 cm³/mol. The van der Waals surface area contributed by atoms with Crippen LogP contribution in [0.4, 0.5) is 0 Å². The SMILES string of the molecule is COc1ccc2nc(O)c(C(c3ccccc3)C(O)(CCN(C)Cc3ccccc3)C3=C=C=Cc4ccccc43)cc2c1. The van der Waals surface area contributed by atoms with Gasteiger partial charge in [-0.3, -0.25) is 0 Å². The molecule has 0 spiro atoms. The van der Waals surface area contributed by atoms with Crippen LogP contribution >= 0.6 is 0 Å². The molecule has 5 heteroatoms. The topological polar surface area (TPSA) is 65.8 Å². The fourth-order valence-electron chi connectivity index (χ4n) is 6.05. The number of aromatic nitrogens is 1. The van der Waals surface area contributed by atoms with Crippen LogP contribution in [0.5, 0.6) is 11.6 Å². The number of nitrogens with zero attached hydrogens (tertiary/aromatic N) is 2. The van der Waals surface area contributed by atoms with Crippen LogP contribution in [0, 0.1) is 0 Å². The lowest BCUT2D eigenvalue weighted by Gasteiger charge is -2.40. The highest BCUT2D eigenvalue weighted by Gasteiger charge is 2.45. The van der Waals surface area contributed by atoms with Crippen molar-refractivity contribution in [2.45, 2.75) is 24.5 Å². The van der Waals surface area contributed by atoms with Crippen LogP contribution in [0.2, 0.25) is 0 Å². The Morgan fingerprint density at radius 3 is 2.40 bits per heavy atom. The molecule has 6 rings (SSSR count). The molecule has 1 aromatic heterocycles. The average Bonchev–Trinajstić information content (AvgIpc) is 3.04. The van der Waals surface area contributed by atoms with E-state index in [2.05, 4.69) is 40.5 Å². The first-order chi connectivity index (χ1) is 21.0. The summed E-state index contributed by atoms with van der Waals surface area (Å²) >= 11 is 0. The van der Waals surface area contributed by atoms with Crippen molar-refractivity contribution in [3.63, 3.8) is 0 Å². The summed E-state index contributed by atoms with van der Waals surface area (Å²) in [6.45, 7) is 1.32. The van der Waals surface area contributed by atoms with Crippen molar-refractivity contribution >= 4 is 22.6 Å². The molecule has 214 valence electrons. The number of ether oxygens (including phenoxy) is 1. The molecule has 0 saturated carbocycles. The molecular weight excluding hydrogens is 532 g/mol. The molecule has 2 atom stereocenters. The second-order valence-corrected chi connectivity index (χ2v) is 11.1. The average molecular weight is 567 g/mol. The van der Waals surface area contributed by atoms with Gasteiger partial charge in [0.05, 0.1) is 12.6 Å². The molecule has 1 heterocycles. The summed E-state index contributed by atoms with van der Waals surface area (Å²) in [6, 6.07) is 35.6. The lowest BCUT2D eigenvalue weighted by Crippen LogP contribution is -2.41. The monoisotopic (exact) mass is 566 g/mol. The highest BCUT2D eigenvalue weighted by atomic mass is 16.5. The quantitative estimate of drug-likeness (QED) is 0.175. The molecular formula is C38H34N2O3. The van der Waals surface area contributed by atoms with Gasteiger partial charge in [0.15, 0.2) is 0 Å². The van der Waals surface area contributed by atoms with E-state index in [-0.39, 0.29) is 5.88 Å². The van der Waals surface area contributed by atoms with Gasteiger partial charge in [0.2, 0.25) is 5.88 Å². The smallest absolute Gasteiger partial charge is 0.215 e. The fourth-order valence-corrected chi connectivity index (χ4v) is 6.05. The molecule has 0 amide bonds. The number of benzene rings is 4. The summed E-state index contributed by atoms with van der Waals surface area (Å²) in [5, 5.41) is 25.5. The van der Waals surface area contributed by atoms with Crippen molar-refractivity contribution in [1.29, 1.82) is 0 Å². The van der Waals surface area contributed by atoms with Crippen LogP contribution in [-0.4, -0.2) is 46.4 Å². The Kier molecular flexibility index (Phi) is 7.98. The lowest BCUT2D eigenvalue weighted by atomic mass is 9.69. The van der Waals surface area contributed by atoms with Crippen molar-refractivity contribution in [3.05, 3.63) is 148 Å². The third-order valence-corrected chi connectivity index (χ3v) is 8.21. The summed E-state index contributed by atoms with van der Waals surface area (Å²) < 4.78 is 5.48. The first-order valence-corrected chi connectivity index (χ1v) is 14.5. The third kappa shape index (κ3) is 5.76. The molecule has 1 aliphatic carbocycles. The zero-order valence-corrected chi connectivity index (χ0v) is 24.4. The van der Waals surface area contributed by atoms with E-state index >= 15 is 0 Å². The van der Waals surface area contributed by atoms with E-state index in [9.17, 15) is 10.2 Å². The van der Waals surface area contributed by atoms with Gasteiger partial charge in [-0.25, -0.2) is 4.98 Å². The van der Waals surface area contributed by atoms with Gasteiger partial charge < -0.3 is 19.8 Å². The number of rotatable bonds is 10. The number of pyridine rings is 1. The number of aliphatic hydroxyl groups is 1. The number of fused-ring (bicyclic) bond motifs is 2. The second-order valence-electron chi connectivity index (χ2n) is 11.1. The van der Waals surface area contributed by atoms with E-state index in [1.54, 1.807) is 7.11 Å². The van der Waals surface area contributed by atoms with Crippen LogP contribution in [0.3, 0.4) is 0 Å². The number of hydrogen-bond acceptors (Lipinski definition) is 5. The maximum atomic E-state index is 13.2. The molecule has 0 saturated heterocycles. The van der Waals surface area contributed by atoms with E-state index in [0.717, 1.165) is 28.6 Å². The van der Waals surface area contributed by atoms with Crippen molar-refractivity contribution < 1.29 is 14.9 Å². The van der Waals surface area contributed by atoms with Gasteiger partial charge in [0.25, 0.3) is 0 Å². The second kappa shape index (κ2) is 12.1. The Hall–Kier alpha value is -4.89. The van der Waals surface area contributed by atoms with Gasteiger partial charge in [0, 0.05) is 35.5 Å². The van der Waals surface area contributed by atoms with Crippen molar-refractivity contribution in [2.75, 3.05) is 20.7 Å². The Balaban J connectivity index is 1.53. The standard InChI is InChI=1S/C38H34N2O3/c1-40(26-27-12-5-3-6-13-27)23-22-38(42,34-19-11-17-28-14-9-10-18-32(28)34)36(29-15-7-4-8-16-29)33-25-30-24-31(43-2)20-21-35(30)39-37(33)41/h3-10,12-18,20-21,24-25,36,42H,22-23,26H2,1-2H3,(H,39,41). The normalized spacial score (nSPS) is 14.3. The van der Waals surface area contributed by atoms with E-state index in [4.69, 9.17) is 4.74 Å². The predicted octanol–water partition coefficient (Wildman–Crippen LogP) is 7.20. The zero-order chi connectivity index (χ0) is 29.8. The van der Waals surface area contributed by atoms with Crippen LogP contribution in [-0.2, 0) is 6.54 Å². The first kappa shape index (κ1) is 28.2. The van der Waals surface area contributed by atoms with Crippen LogP contribution in [0.1, 0.15) is 40.2 Å². The minimum Gasteiger partial charge on any atom is -0.497 e. The van der Waals surface area contributed by atoms with Crippen molar-refractivity contribution in [1.82, 2.24) is 9.88 Å². The summed E-state index contributed by atoms with van der Waals surface area (Å²) in [5.41, 5.74) is 10.7. The number of aromatic hydroxyl groups is 1. The molecule has 0 fully saturated rings. The Morgan fingerprint density at radius 2 is 1.63 bits per heavy atom. The summed E-state index contributed by atoms with van der Waals surface area (Å²) in [6.07, 6.45) is 2.25. The molecule has 0 bridgehead atoms. The van der Waals surface area contributed by atoms with Gasteiger partial charge in [-0.1, -0.05) is 96.4 Å². The molecule has 0 radical (unpaired) electrons. The fraction of sp³-hybridized carbons (Fsp3) is 0.184. The maximum Gasteiger partial charge on any atom is 0.215 e. The van der Waals surface area contributed by atoms with Crippen molar-refractivity contribution in [2.24, 2.45) is 0 Å². The summed E-state index contributed by atoms with van der Waals surface area (Å²) in [7, 11) is 3.69. The number of hydrogen-bond donors (Lipinski definition) is 2. The molecule has 2 N–H and O–H groups in total. The van der Waals surface area contributed by atoms with Gasteiger partial charge in [0.1, 0.15) is 11.4 Å².